The van der Waals surface area contributed by atoms with Crippen LogP contribution in [0.25, 0.3) is 11.0 Å². The maximum Gasteiger partial charge on any atom is 0.163 e. The van der Waals surface area contributed by atoms with E-state index in [0.29, 0.717) is 23.0 Å². The Hall–Kier alpha value is -2.74. The second kappa shape index (κ2) is 8.65. The van der Waals surface area contributed by atoms with E-state index in [2.05, 4.69) is 25.3 Å². The van der Waals surface area contributed by atoms with Crippen LogP contribution in [0, 0.1) is 17.7 Å². The van der Waals surface area contributed by atoms with Crippen LogP contribution in [0.3, 0.4) is 0 Å². The third-order valence-corrected chi connectivity index (χ3v) is 6.66. The molecule has 0 bridgehead atoms. The topological polar surface area (TPSA) is 75.9 Å². The smallest absolute Gasteiger partial charge is 0.163 e. The third kappa shape index (κ3) is 4.41. The lowest BCUT2D eigenvalue weighted by Gasteiger charge is -2.34. The lowest BCUT2D eigenvalue weighted by molar-refractivity contribution is -0.121. The van der Waals surface area contributed by atoms with Gasteiger partial charge in [0.05, 0.1) is 17.6 Å². The Labute approximate surface area is 191 Å². The summed E-state index contributed by atoms with van der Waals surface area (Å²) in [7, 11) is 1.87. The molecule has 2 aliphatic rings. The Kier molecular flexibility index (Phi) is 5.71. The minimum Gasteiger partial charge on any atom is -0.375 e. The van der Waals surface area contributed by atoms with Gasteiger partial charge in [-0.05, 0) is 55.7 Å². The molecule has 32 heavy (non-hydrogen) atoms. The highest BCUT2D eigenvalue weighted by Gasteiger charge is 2.37. The normalized spacial score (nSPS) is 19.8. The Morgan fingerprint density at radius 3 is 2.91 bits per heavy atom. The molecule has 2 fully saturated rings. The van der Waals surface area contributed by atoms with Crippen LogP contribution in [0.15, 0.2) is 30.7 Å². The number of aryl methyl sites for hydroxylation is 1. The largest absolute Gasteiger partial charge is 0.375 e. The molecule has 0 amide bonds. The highest BCUT2D eigenvalue weighted by molar-refractivity contribution is 6.30. The number of hydrogen-bond acceptors (Lipinski definition) is 6. The first-order valence-corrected chi connectivity index (χ1v) is 11.5. The standard InChI is InChI=1S/C23H26ClFN6O/c1-30-22-19(11-28-30)23(27-13-26-22)31-6-2-3-14(12-31)7-20(32)21(15-4-5-15)29-18-9-16(24)8-17(25)10-18/h8-11,13-15,21,29H,2-7,12H2,1H3/t14-,21+/m0/s1. The fourth-order valence-electron chi connectivity index (χ4n) is 4.74. The van der Waals surface area contributed by atoms with E-state index in [1.54, 1.807) is 23.3 Å². The van der Waals surface area contributed by atoms with Gasteiger partial charge in [0.2, 0.25) is 0 Å². The van der Waals surface area contributed by atoms with Gasteiger partial charge in [-0.1, -0.05) is 11.6 Å². The summed E-state index contributed by atoms with van der Waals surface area (Å²) in [6, 6.07) is 4.03. The summed E-state index contributed by atoms with van der Waals surface area (Å²) in [5.41, 5.74) is 1.37. The van der Waals surface area contributed by atoms with E-state index < -0.39 is 5.82 Å². The average molecular weight is 457 g/mol. The van der Waals surface area contributed by atoms with Gasteiger partial charge in [-0.25, -0.2) is 14.4 Å². The van der Waals surface area contributed by atoms with E-state index in [9.17, 15) is 9.18 Å². The number of Topliss-reactive ketones (excluding diaryl/α,β-unsaturated/α-hetero) is 1. The quantitative estimate of drug-likeness (QED) is 0.573. The van der Waals surface area contributed by atoms with E-state index in [1.807, 2.05) is 7.05 Å². The zero-order chi connectivity index (χ0) is 22.2. The van der Waals surface area contributed by atoms with Crippen molar-refractivity contribution in [2.75, 3.05) is 23.3 Å². The van der Waals surface area contributed by atoms with Gasteiger partial charge in [0.1, 0.15) is 18.0 Å². The molecule has 2 aromatic heterocycles. The average Bonchev–Trinajstić information content (AvgIpc) is 3.53. The minimum atomic E-state index is -0.406. The molecule has 0 radical (unpaired) electrons. The maximum atomic E-state index is 13.8. The molecule has 0 unspecified atom stereocenters. The summed E-state index contributed by atoms with van der Waals surface area (Å²) in [5.74, 6) is 1.22. The number of nitrogens with zero attached hydrogens (tertiary/aromatic N) is 5. The molecule has 1 aliphatic heterocycles. The summed E-state index contributed by atoms with van der Waals surface area (Å²) in [6.45, 7) is 1.67. The predicted molar refractivity (Wildman–Crippen MR) is 122 cm³/mol. The van der Waals surface area contributed by atoms with Gasteiger partial charge in [-0.3, -0.25) is 9.48 Å². The van der Waals surface area contributed by atoms with Crippen molar-refractivity contribution in [3.8, 4) is 0 Å². The van der Waals surface area contributed by atoms with Crippen LogP contribution < -0.4 is 10.2 Å². The number of nitrogens with one attached hydrogen (secondary N) is 1. The van der Waals surface area contributed by atoms with Crippen LogP contribution in [0.4, 0.5) is 15.9 Å². The van der Waals surface area contributed by atoms with E-state index in [1.165, 1.54) is 12.1 Å². The number of carbonyl (C=O) groups is 1. The third-order valence-electron chi connectivity index (χ3n) is 6.44. The number of carbonyl (C=O) groups excluding carboxylic acids is 1. The highest BCUT2D eigenvalue weighted by atomic mass is 35.5. The number of ketones is 1. The van der Waals surface area contributed by atoms with Gasteiger partial charge < -0.3 is 10.2 Å². The molecule has 1 saturated heterocycles. The van der Waals surface area contributed by atoms with Gasteiger partial charge in [0.15, 0.2) is 11.4 Å². The molecule has 2 atom stereocenters. The van der Waals surface area contributed by atoms with Crippen LogP contribution in [0.5, 0.6) is 0 Å². The van der Waals surface area contributed by atoms with Gasteiger partial charge >= 0.3 is 0 Å². The molecule has 1 N–H and O–H groups in total. The van der Waals surface area contributed by atoms with Crippen molar-refractivity contribution >= 4 is 39.9 Å². The first-order chi connectivity index (χ1) is 15.5. The van der Waals surface area contributed by atoms with Gasteiger partial charge in [0.25, 0.3) is 0 Å². The van der Waals surface area contributed by atoms with Crippen molar-refractivity contribution < 1.29 is 9.18 Å². The zero-order valence-electron chi connectivity index (χ0n) is 18.0. The Balaban J connectivity index is 1.28. The molecule has 168 valence electrons. The molecule has 5 rings (SSSR count). The number of fused-ring (bicyclic) bond motifs is 1. The number of anilines is 2. The lowest BCUT2D eigenvalue weighted by Crippen LogP contribution is -2.39. The summed E-state index contributed by atoms with van der Waals surface area (Å²) >= 11 is 5.99. The number of rotatable bonds is 7. The number of aromatic nitrogens is 4. The molecule has 1 aliphatic carbocycles. The van der Waals surface area contributed by atoms with Crippen LogP contribution in [0.2, 0.25) is 5.02 Å². The van der Waals surface area contributed by atoms with Crippen LogP contribution in [0.1, 0.15) is 32.1 Å². The fourth-order valence-corrected chi connectivity index (χ4v) is 4.97. The van der Waals surface area contributed by atoms with Crippen molar-refractivity contribution in [2.45, 2.75) is 38.1 Å². The molecule has 3 aromatic rings. The number of benzene rings is 1. The van der Waals surface area contributed by atoms with Gasteiger partial charge in [-0.15, -0.1) is 0 Å². The van der Waals surface area contributed by atoms with E-state index in [-0.39, 0.29) is 17.7 Å². The minimum absolute atomic E-state index is 0.189. The number of hydrogen-bond donors (Lipinski definition) is 1. The van der Waals surface area contributed by atoms with Crippen LogP contribution in [-0.2, 0) is 11.8 Å². The van der Waals surface area contributed by atoms with Crippen molar-refractivity contribution in [1.82, 2.24) is 19.7 Å². The molecule has 9 heteroatoms. The molecule has 7 nitrogen and oxygen atoms in total. The SMILES string of the molecule is Cn1ncc2c(N3CCC[C@@H](CC(=O)[C@H](Nc4cc(F)cc(Cl)c4)C4CC4)C3)ncnc21. The Bertz CT molecular complexity index is 1130. The lowest BCUT2D eigenvalue weighted by atomic mass is 9.89. The molecule has 1 aromatic carbocycles. The first-order valence-electron chi connectivity index (χ1n) is 11.1. The Morgan fingerprint density at radius 1 is 1.28 bits per heavy atom. The summed E-state index contributed by atoms with van der Waals surface area (Å²) < 4.78 is 15.5. The predicted octanol–water partition coefficient (Wildman–Crippen LogP) is 4.22. The molecule has 1 saturated carbocycles. The molecular formula is C23H26ClFN6O. The molecule has 0 spiro atoms. The molecule has 3 heterocycles. The van der Waals surface area contributed by atoms with Crippen molar-refractivity contribution in [2.24, 2.45) is 18.9 Å². The van der Waals surface area contributed by atoms with E-state index in [0.717, 1.165) is 55.6 Å². The summed E-state index contributed by atoms with van der Waals surface area (Å²) in [5, 5.41) is 8.83. The second-order valence-corrected chi connectivity index (χ2v) is 9.38. The maximum absolute atomic E-state index is 13.8. The number of piperidine rings is 1. The van der Waals surface area contributed by atoms with Gasteiger partial charge in [0, 0.05) is 37.3 Å². The first kappa shape index (κ1) is 21.1. The van der Waals surface area contributed by atoms with Crippen molar-refractivity contribution in [3.05, 3.63) is 41.6 Å². The van der Waals surface area contributed by atoms with E-state index in [4.69, 9.17) is 11.6 Å². The van der Waals surface area contributed by atoms with Crippen LogP contribution >= 0.6 is 11.6 Å². The summed E-state index contributed by atoms with van der Waals surface area (Å²) in [6.07, 6.45) is 7.92. The number of halogens is 2. The summed E-state index contributed by atoms with van der Waals surface area (Å²) in [4.78, 5) is 24.4. The van der Waals surface area contributed by atoms with Crippen molar-refractivity contribution in [3.63, 3.8) is 0 Å². The van der Waals surface area contributed by atoms with Crippen LogP contribution in [-0.4, -0.2) is 44.7 Å². The van der Waals surface area contributed by atoms with Crippen molar-refractivity contribution in [1.29, 1.82) is 0 Å². The molecular weight excluding hydrogens is 431 g/mol. The van der Waals surface area contributed by atoms with Gasteiger partial charge in [-0.2, -0.15) is 5.10 Å². The highest BCUT2D eigenvalue weighted by Crippen LogP contribution is 2.37. The van der Waals surface area contributed by atoms with E-state index >= 15 is 0 Å². The monoisotopic (exact) mass is 456 g/mol. The Morgan fingerprint density at radius 2 is 2.12 bits per heavy atom. The second-order valence-electron chi connectivity index (χ2n) is 8.95. The zero-order valence-corrected chi connectivity index (χ0v) is 18.7. The fraction of sp³-hybridized carbons (Fsp3) is 0.478.